The van der Waals surface area contributed by atoms with E-state index in [2.05, 4.69) is 9.72 Å². The fourth-order valence-corrected chi connectivity index (χ4v) is 4.00. The van der Waals surface area contributed by atoms with Crippen LogP contribution in [0.25, 0.3) is 10.6 Å². The number of rotatable bonds is 6. The highest BCUT2D eigenvalue weighted by molar-refractivity contribution is 7.81. The number of ether oxygens (including phenoxy) is 2. The summed E-state index contributed by atoms with van der Waals surface area (Å²) in [6.45, 7) is 0. The SMILES string of the molecule is COC(=O)c1ccc(N(c2csc(-c3ccc(Cl)cc3)n2)S(=O)[O-])c(OC)c1. The first kappa shape index (κ1) is 20.3. The van der Waals surface area contributed by atoms with Gasteiger partial charge < -0.3 is 14.0 Å². The molecule has 0 radical (unpaired) electrons. The average Bonchev–Trinajstić information content (AvgIpc) is 3.17. The highest BCUT2D eigenvalue weighted by atomic mass is 35.5. The number of hydrogen-bond acceptors (Lipinski definition) is 7. The van der Waals surface area contributed by atoms with Crippen LogP contribution in [0.3, 0.4) is 0 Å². The molecule has 0 aliphatic carbocycles. The highest BCUT2D eigenvalue weighted by Crippen LogP contribution is 2.37. The average molecular weight is 438 g/mol. The molecule has 0 N–H and O–H groups in total. The zero-order valence-corrected chi connectivity index (χ0v) is 17.1. The van der Waals surface area contributed by atoms with E-state index in [-0.39, 0.29) is 22.8 Å². The summed E-state index contributed by atoms with van der Waals surface area (Å²) in [6.07, 6.45) is 0. The van der Waals surface area contributed by atoms with Crippen LogP contribution in [0.15, 0.2) is 47.8 Å². The lowest BCUT2D eigenvalue weighted by Gasteiger charge is -2.25. The zero-order valence-electron chi connectivity index (χ0n) is 14.7. The molecule has 0 saturated carbocycles. The number of benzene rings is 2. The summed E-state index contributed by atoms with van der Waals surface area (Å²) >= 11 is 4.52. The number of carbonyl (C=O) groups excluding carboxylic acids is 1. The normalized spacial score (nSPS) is 11.7. The van der Waals surface area contributed by atoms with Crippen LogP contribution in [0, 0.1) is 0 Å². The van der Waals surface area contributed by atoms with Crippen molar-refractivity contribution in [2.75, 3.05) is 18.5 Å². The number of anilines is 2. The summed E-state index contributed by atoms with van der Waals surface area (Å²) in [7, 11) is 2.64. The number of esters is 1. The topological polar surface area (TPSA) is 91.8 Å². The van der Waals surface area contributed by atoms with E-state index < -0.39 is 17.2 Å². The predicted molar refractivity (Wildman–Crippen MR) is 108 cm³/mol. The van der Waals surface area contributed by atoms with Gasteiger partial charge in [-0.15, -0.1) is 11.3 Å². The van der Waals surface area contributed by atoms with E-state index in [1.54, 1.807) is 29.6 Å². The first-order valence-corrected chi connectivity index (χ1v) is 10.1. The van der Waals surface area contributed by atoms with Crippen molar-refractivity contribution in [1.82, 2.24) is 4.98 Å². The number of methoxy groups -OCH3 is 2. The molecule has 0 saturated heterocycles. The Hall–Kier alpha value is -2.46. The van der Waals surface area contributed by atoms with Gasteiger partial charge in [0, 0.05) is 16.0 Å². The molecule has 0 amide bonds. The summed E-state index contributed by atoms with van der Waals surface area (Å²) in [5, 5.41) is 2.85. The minimum absolute atomic E-state index is 0.188. The second kappa shape index (κ2) is 8.70. The molecule has 1 aromatic heterocycles. The summed E-state index contributed by atoms with van der Waals surface area (Å²) in [6, 6.07) is 11.4. The third-order valence-electron chi connectivity index (χ3n) is 3.76. The molecule has 3 aromatic rings. The Bertz CT molecular complexity index is 1020. The van der Waals surface area contributed by atoms with E-state index in [0.717, 1.165) is 9.87 Å². The van der Waals surface area contributed by atoms with E-state index in [1.165, 1.54) is 43.8 Å². The second-order valence-corrected chi connectivity index (χ2v) is 7.50. The van der Waals surface area contributed by atoms with Gasteiger partial charge in [-0.3, -0.25) is 4.21 Å². The van der Waals surface area contributed by atoms with Crippen molar-refractivity contribution in [3.63, 3.8) is 0 Å². The van der Waals surface area contributed by atoms with Crippen molar-refractivity contribution in [2.45, 2.75) is 0 Å². The van der Waals surface area contributed by atoms with Crippen molar-refractivity contribution < 1.29 is 23.0 Å². The molecule has 1 heterocycles. The molecule has 28 heavy (non-hydrogen) atoms. The summed E-state index contributed by atoms with van der Waals surface area (Å²) in [5.41, 5.74) is 1.27. The lowest BCUT2D eigenvalue weighted by molar-refractivity contribution is 0.0600. The molecular weight excluding hydrogens is 424 g/mol. The molecule has 1 atom stereocenters. The Morgan fingerprint density at radius 1 is 1.21 bits per heavy atom. The molecular formula is C18H14ClN2O5S2-. The molecule has 1 unspecified atom stereocenters. The number of carbonyl (C=O) groups is 1. The van der Waals surface area contributed by atoms with Crippen molar-refractivity contribution in [3.05, 3.63) is 58.4 Å². The van der Waals surface area contributed by atoms with E-state index in [9.17, 15) is 13.6 Å². The van der Waals surface area contributed by atoms with Crippen LogP contribution in [-0.4, -0.2) is 33.9 Å². The quantitative estimate of drug-likeness (QED) is 0.424. The molecule has 0 aliphatic heterocycles. The predicted octanol–water partition coefficient (Wildman–Crippen LogP) is 4.19. The van der Waals surface area contributed by atoms with Gasteiger partial charge in [0.25, 0.3) is 0 Å². The van der Waals surface area contributed by atoms with E-state index in [4.69, 9.17) is 16.3 Å². The molecule has 0 spiro atoms. The standard InChI is InChI=1S/C18H15ClN2O5S2/c1-25-15-9-12(18(22)26-2)5-8-14(15)21(28(23)24)16-10-27-17(20-16)11-3-6-13(19)7-4-11/h3-10H,1-2H3,(H,23,24)/p-1. The van der Waals surface area contributed by atoms with Crippen LogP contribution in [-0.2, 0) is 16.0 Å². The number of halogens is 1. The van der Waals surface area contributed by atoms with Gasteiger partial charge in [-0.05, 0) is 30.3 Å². The van der Waals surface area contributed by atoms with Gasteiger partial charge in [0.1, 0.15) is 10.8 Å². The van der Waals surface area contributed by atoms with Gasteiger partial charge in [0.15, 0.2) is 5.82 Å². The first-order valence-electron chi connectivity index (χ1n) is 7.82. The Balaban J connectivity index is 2.02. The zero-order chi connectivity index (χ0) is 20.3. The highest BCUT2D eigenvalue weighted by Gasteiger charge is 2.20. The molecule has 10 heteroatoms. The monoisotopic (exact) mass is 437 g/mol. The van der Waals surface area contributed by atoms with Crippen LogP contribution in [0.5, 0.6) is 5.75 Å². The maximum Gasteiger partial charge on any atom is 0.337 e. The second-order valence-electron chi connectivity index (χ2n) is 5.41. The summed E-state index contributed by atoms with van der Waals surface area (Å²) in [5.74, 6) is -0.168. The third-order valence-corrected chi connectivity index (χ3v) is 5.57. The van der Waals surface area contributed by atoms with Crippen LogP contribution < -0.4 is 9.04 Å². The maximum atomic E-state index is 12.0. The molecule has 0 fully saturated rings. The molecule has 146 valence electrons. The van der Waals surface area contributed by atoms with Gasteiger partial charge >= 0.3 is 5.97 Å². The van der Waals surface area contributed by atoms with Crippen LogP contribution in [0.1, 0.15) is 10.4 Å². The van der Waals surface area contributed by atoms with Crippen LogP contribution in [0.2, 0.25) is 5.02 Å². The number of hydrogen-bond donors (Lipinski definition) is 0. The molecule has 2 aromatic carbocycles. The lowest BCUT2D eigenvalue weighted by Crippen LogP contribution is -2.20. The van der Waals surface area contributed by atoms with Crippen molar-refractivity contribution >= 4 is 51.7 Å². The lowest BCUT2D eigenvalue weighted by atomic mass is 10.2. The largest absolute Gasteiger partial charge is 0.755 e. The summed E-state index contributed by atoms with van der Waals surface area (Å²) in [4.78, 5) is 16.1. The van der Waals surface area contributed by atoms with E-state index in [1.807, 2.05) is 0 Å². The Morgan fingerprint density at radius 2 is 1.93 bits per heavy atom. The van der Waals surface area contributed by atoms with Gasteiger partial charge in [0.2, 0.25) is 0 Å². The van der Waals surface area contributed by atoms with Crippen molar-refractivity contribution in [2.24, 2.45) is 0 Å². The molecule has 0 bridgehead atoms. The third kappa shape index (κ3) is 4.17. The molecule has 3 rings (SSSR count). The van der Waals surface area contributed by atoms with Gasteiger partial charge in [-0.25, -0.2) is 14.1 Å². The Morgan fingerprint density at radius 3 is 2.54 bits per heavy atom. The van der Waals surface area contributed by atoms with Crippen molar-refractivity contribution in [3.8, 4) is 16.3 Å². The Kier molecular flexibility index (Phi) is 6.30. The summed E-state index contributed by atoms with van der Waals surface area (Å²) < 4.78 is 34.9. The van der Waals surface area contributed by atoms with Gasteiger partial charge in [-0.2, -0.15) is 0 Å². The fraction of sp³-hybridized carbons (Fsp3) is 0.111. The van der Waals surface area contributed by atoms with Crippen LogP contribution >= 0.6 is 22.9 Å². The van der Waals surface area contributed by atoms with E-state index in [0.29, 0.717) is 10.0 Å². The Labute approximate surface area is 172 Å². The van der Waals surface area contributed by atoms with Gasteiger partial charge in [-0.1, -0.05) is 23.7 Å². The van der Waals surface area contributed by atoms with Gasteiger partial charge in [0.05, 0.1) is 36.7 Å². The number of aromatic nitrogens is 1. The first-order chi connectivity index (χ1) is 13.4. The van der Waals surface area contributed by atoms with Crippen molar-refractivity contribution in [1.29, 1.82) is 0 Å². The molecule has 0 aliphatic rings. The smallest absolute Gasteiger partial charge is 0.337 e. The maximum absolute atomic E-state index is 12.0. The van der Waals surface area contributed by atoms with E-state index >= 15 is 0 Å². The fourth-order valence-electron chi connectivity index (χ4n) is 2.45. The number of nitrogens with zero attached hydrogens (tertiary/aromatic N) is 2. The number of thiazole rings is 1. The minimum Gasteiger partial charge on any atom is -0.755 e. The minimum atomic E-state index is -2.67. The molecule has 7 nitrogen and oxygen atoms in total. The van der Waals surface area contributed by atoms with Crippen LogP contribution in [0.4, 0.5) is 11.5 Å².